The van der Waals surface area contributed by atoms with E-state index >= 15 is 0 Å². The van der Waals surface area contributed by atoms with Crippen LogP contribution in [-0.2, 0) is 10.2 Å². The number of hydrogen-bond donors (Lipinski definition) is 1. The van der Waals surface area contributed by atoms with Crippen LogP contribution in [0.3, 0.4) is 0 Å². The van der Waals surface area contributed by atoms with Crippen LogP contribution in [0, 0.1) is 0 Å². The van der Waals surface area contributed by atoms with Crippen molar-refractivity contribution in [1.29, 1.82) is 0 Å². The third-order valence-electron chi connectivity index (χ3n) is 4.61. The molecule has 0 aliphatic heterocycles. The predicted octanol–water partition coefficient (Wildman–Crippen LogP) is 5.30. The van der Waals surface area contributed by atoms with Gasteiger partial charge in [0.15, 0.2) is 0 Å². The number of ether oxygens (including phenoxy) is 2. The zero-order chi connectivity index (χ0) is 18.5. The Balaban J connectivity index is 2.09. The number of aromatic hydroxyl groups is 1. The van der Waals surface area contributed by atoms with E-state index in [0.29, 0.717) is 6.61 Å². The molecule has 0 amide bonds. The Morgan fingerprint density at radius 3 is 1.88 bits per heavy atom. The van der Waals surface area contributed by atoms with Gasteiger partial charge in [0, 0.05) is 18.4 Å². The Morgan fingerprint density at radius 2 is 1.36 bits per heavy atom. The molecule has 0 aliphatic carbocycles. The van der Waals surface area contributed by atoms with Crippen LogP contribution in [-0.4, -0.2) is 23.9 Å². The summed E-state index contributed by atoms with van der Waals surface area (Å²) in [5.41, 5.74) is 1.97. The Morgan fingerprint density at radius 1 is 0.840 bits per heavy atom. The van der Waals surface area contributed by atoms with Gasteiger partial charge >= 0.3 is 0 Å². The second-order valence-corrected chi connectivity index (χ2v) is 7.50. The molecule has 0 spiro atoms. The number of phenols is 1. The molecule has 0 radical (unpaired) electrons. The van der Waals surface area contributed by atoms with Crippen molar-refractivity contribution in [2.45, 2.75) is 52.1 Å². The number of phenolic OH excluding ortho intramolecular Hbond substituents is 1. The molecule has 2 aromatic carbocycles. The summed E-state index contributed by atoms with van der Waals surface area (Å²) in [5, 5.41) is 9.49. The topological polar surface area (TPSA) is 38.7 Å². The fraction of sp³-hybridized carbons (Fsp3) is 0.455. The SMILES string of the molecule is CCOCCC(C)(C)Oc1ccc(C(C)(C)c2ccc(O)cc2)cc1. The van der Waals surface area contributed by atoms with Crippen molar-refractivity contribution in [3.63, 3.8) is 0 Å². The summed E-state index contributed by atoms with van der Waals surface area (Å²) in [7, 11) is 0. The molecular weight excluding hydrogens is 312 g/mol. The standard InChI is InChI=1S/C22H30O3/c1-6-24-16-15-21(2,3)25-20-13-9-18(10-14-20)22(4,5)17-7-11-19(23)12-8-17/h7-14,23H,6,15-16H2,1-5H3. The van der Waals surface area contributed by atoms with Crippen LogP contribution in [0.15, 0.2) is 48.5 Å². The first kappa shape index (κ1) is 19.3. The van der Waals surface area contributed by atoms with Crippen molar-refractivity contribution >= 4 is 0 Å². The molecule has 0 aliphatic rings. The quantitative estimate of drug-likeness (QED) is 0.661. The summed E-state index contributed by atoms with van der Waals surface area (Å²) in [5.74, 6) is 1.16. The average molecular weight is 342 g/mol. The largest absolute Gasteiger partial charge is 0.508 e. The van der Waals surface area contributed by atoms with Crippen LogP contribution in [0.1, 0.15) is 52.2 Å². The van der Waals surface area contributed by atoms with E-state index in [9.17, 15) is 5.11 Å². The van der Waals surface area contributed by atoms with E-state index in [1.807, 2.05) is 31.2 Å². The second kappa shape index (κ2) is 7.92. The summed E-state index contributed by atoms with van der Waals surface area (Å²) in [4.78, 5) is 0. The lowest BCUT2D eigenvalue weighted by atomic mass is 9.78. The first-order chi connectivity index (χ1) is 11.7. The minimum absolute atomic E-state index is 0.142. The molecule has 2 aromatic rings. The van der Waals surface area contributed by atoms with Gasteiger partial charge in [-0.05, 0) is 56.2 Å². The van der Waals surface area contributed by atoms with Gasteiger partial charge in [0.25, 0.3) is 0 Å². The minimum atomic E-state index is -0.261. The van der Waals surface area contributed by atoms with Gasteiger partial charge in [-0.1, -0.05) is 38.1 Å². The van der Waals surface area contributed by atoms with Gasteiger partial charge in [0.1, 0.15) is 17.1 Å². The minimum Gasteiger partial charge on any atom is -0.508 e. The Hall–Kier alpha value is -2.00. The first-order valence-electron chi connectivity index (χ1n) is 8.91. The smallest absolute Gasteiger partial charge is 0.120 e. The highest BCUT2D eigenvalue weighted by Gasteiger charge is 2.24. The molecule has 0 aromatic heterocycles. The van der Waals surface area contributed by atoms with Gasteiger partial charge in [-0.3, -0.25) is 0 Å². The summed E-state index contributed by atoms with van der Waals surface area (Å²) in [6.45, 7) is 12.0. The average Bonchev–Trinajstić information content (AvgIpc) is 2.55. The maximum Gasteiger partial charge on any atom is 0.120 e. The van der Waals surface area contributed by atoms with Crippen LogP contribution in [0.2, 0.25) is 0 Å². The van der Waals surface area contributed by atoms with Crippen molar-refractivity contribution in [2.75, 3.05) is 13.2 Å². The van der Waals surface area contributed by atoms with E-state index in [-0.39, 0.29) is 16.8 Å². The van der Waals surface area contributed by atoms with Crippen molar-refractivity contribution < 1.29 is 14.6 Å². The molecule has 0 fully saturated rings. The summed E-state index contributed by atoms with van der Waals surface area (Å²) in [6.07, 6.45) is 0.849. The van der Waals surface area contributed by atoms with Gasteiger partial charge in [-0.25, -0.2) is 0 Å². The van der Waals surface area contributed by atoms with Gasteiger partial charge in [0.05, 0.1) is 6.61 Å². The van der Waals surface area contributed by atoms with Crippen LogP contribution >= 0.6 is 0 Å². The number of hydrogen-bond acceptors (Lipinski definition) is 3. The third-order valence-corrected chi connectivity index (χ3v) is 4.61. The molecule has 0 unspecified atom stereocenters. The molecule has 136 valence electrons. The molecule has 1 N–H and O–H groups in total. The Bertz CT molecular complexity index is 655. The fourth-order valence-electron chi connectivity index (χ4n) is 2.82. The highest BCUT2D eigenvalue weighted by Crippen LogP contribution is 2.33. The van der Waals surface area contributed by atoms with Crippen molar-refractivity contribution in [3.8, 4) is 11.5 Å². The zero-order valence-corrected chi connectivity index (χ0v) is 16.0. The monoisotopic (exact) mass is 342 g/mol. The lowest BCUT2D eigenvalue weighted by Crippen LogP contribution is -2.30. The molecule has 3 nitrogen and oxygen atoms in total. The zero-order valence-electron chi connectivity index (χ0n) is 16.0. The van der Waals surface area contributed by atoms with E-state index in [1.165, 1.54) is 5.56 Å². The van der Waals surface area contributed by atoms with E-state index < -0.39 is 0 Å². The fourth-order valence-corrected chi connectivity index (χ4v) is 2.82. The maximum absolute atomic E-state index is 9.49. The summed E-state index contributed by atoms with van der Waals surface area (Å²) < 4.78 is 11.6. The molecule has 2 rings (SSSR count). The van der Waals surface area contributed by atoms with Gasteiger partial charge in [-0.15, -0.1) is 0 Å². The second-order valence-electron chi connectivity index (χ2n) is 7.50. The highest BCUT2D eigenvalue weighted by molar-refractivity contribution is 5.41. The molecular formula is C22H30O3. The van der Waals surface area contributed by atoms with Gasteiger partial charge in [-0.2, -0.15) is 0 Å². The van der Waals surface area contributed by atoms with Crippen molar-refractivity contribution in [1.82, 2.24) is 0 Å². The molecule has 3 heteroatoms. The Labute approximate surface area is 151 Å². The lowest BCUT2D eigenvalue weighted by molar-refractivity contribution is 0.0505. The normalized spacial score (nSPS) is 12.2. The molecule has 0 heterocycles. The van der Waals surface area contributed by atoms with E-state index in [2.05, 4.69) is 39.8 Å². The van der Waals surface area contributed by atoms with E-state index in [1.54, 1.807) is 12.1 Å². The highest BCUT2D eigenvalue weighted by atomic mass is 16.5. The van der Waals surface area contributed by atoms with Crippen molar-refractivity contribution in [2.24, 2.45) is 0 Å². The lowest BCUT2D eigenvalue weighted by Gasteiger charge is -2.28. The van der Waals surface area contributed by atoms with Crippen LogP contribution in [0.5, 0.6) is 11.5 Å². The molecule has 0 bridgehead atoms. The van der Waals surface area contributed by atoms with E-state index in [4.69, 9.17) is 9.47 Å². The van der Waals surface area contributed by atoms with Gasteiger partial charge < -0.3 is 14.6 Å². The number of benzene rings is 2. The van der Waals surface area contributed by atoms with Crippen LogP contribution in [0.4, 0.5) is 0 Å². The molecule has 0 saturated heterocycles. The first-order valence-corrected chi connectivity index (χ1v) is 8.91. The third kappa shape index (κ3) is 5.23. The number of rotatable bonds is 8. The maximum atomic E-state index is 9.49. The predicted molar refractivity (Wildman–Crippen MR) is 102 cm³/mol. The van der Waals surface area contributed by atoms with Crippen molar-refractivity contribution in [3.05, 3.63) is 59.7 Å². The summed E-state index contributed by atoms with van der Waals surface area (Å²) >= 11 is 0. The Kier molecular flexibility index (Phi) is 6.12. The van der Waals surface area contributed by atoms with Gasteiger partial charge in [0.2, 0.25) is 0 Å². The van der Waals surface area contributed by atoms with Crippen LogP contribution in [0.25, 0.3) is 0 Å². The summed E-state index contributed by atoms with van der Waals surface area (Å²) in [6, 6.07) is 15.7. The molecule has 0 atom stereocenters. The van der Waals surface area contributed by atoms with E-state index in [0.717, 1.165) is 24.3 Å². The molecule has 0 saturated carbocycles. The van der Waals surface area contributed by atoms with Crippen LogP contribution < -0.4 is 4.74 Å². The molecule has 25 heavy (non-hydrogen) atoms.